The van der Waals surface area contributed by atoms with E-state index in [0.717, 1.165) is 15.6 Å². The molecule has 0 spiro atoms. The van der Waals surface area contributed by atoms with Crippen LogP contribution in [-0.4, -0.2) is 22.6 Å². The van der Waals surface area contributed by atoms with Gasteiger partial charge in [-0.25, -0.2) is 0 Å². The lowest BCUT2D eigenvalue weighted by Gasteiger charge is -2.02. The molecule has 3 rings (SSSR count). The van der Waals surface area contributed by atoms with E-state index in [2.05, 4.69) is 20.0 Å². The Morgan fingerprint density at radius 2 is 2.33 bits per heavy atom. The van der Waals surface area contributed by atoms with E-state index < -0.39 is 0 Å². The third-order valence-corrected chi connectivity index (χ3v) is 4.55. The van der Waals surface area contributed by atoms with Crippen LogP contribution >= 0.6 is 11.3 Å². The van der Waals surface area contributed by atoms with Crippen LogP contribution in [0.3, 0.4) is 0 Å². The lowest BCUT2D eigenvalue weighted by Crippen LogP contribution is -2.25. The highest BCUT2D eigenvalue weighted by molar-refractivity contribution is 7.21. The van der Waals surface area contributed by atoms with Crippen molar-refractivity contribution in [1.29, 1.82) is 0 Å². The first-order chi connectivity index (χ1) is 10.2. The fourth-order valence-corrected chi connectivity index (χ4v) is 3.22. The molecule has 0 aliphatic heterocycles. The smallest absolute Gasteiger partial charge is 0.263 e. The number of nitrogens with two attached hydrogens (primary N) is 1. The highest BCUT2D eigenvalue weighted by Gasteiger charge is 2.16. The Morgan fingerprint density at radius 3 is 3.05 bits per heavy atom. The first-order valence-electron chi connectivity index (χ1n) is 6.48. The molecule has 3 aromatic rings. The van der Waals surface area contributed by atoms with Crippen molar-refractivity contribution in [3.05, 3.63) is 40.9 Å². The summed E-state index contributed by atoms with van der Waals surface area (Å²) in [5.41, 5.74) is 7.74. The molecule has 0 aliphatic rings. The molecule has 108 valence electrons. The fraction of sp³-hybridized carbons (Fsp3) is 0.214. The van der Waals surface area contributed by atoms with E-state index in [1.807, 2.05) is 25.1 Å². The van der Waals surface area contributed by atoms with Crippen LogP contribution in [0.1, 0.15) is 21.1 Å². The second-order valence-corrected chi connectivity index (χ2v) is 5.67. The maximum atomic E-state index is 12.2. The van der Waals surface area contributed by atoms with Gasteiger partial charge in [-0.3, -0.25) is 4.79 Å². The fourth-order valence-electron chi connectivity index (χ4n) is 2.12. The van der Waals surface area contributed by atoms with Crippen molar-refractivity contribution in [1.82, 2.24) is 15.5 Å². The molecule has 2 heterocycles. The number of nitrogen functional groups attached to an aromatic ring is 1. The van der Waals surface area contributed by atoms with Crippen LogP contribution < -0.4 is 11.1 Å². The Hall–Kier alpha value is -2.41. The minimum Gasteiger partial charge on any atom is -0.397 e. The topological polar surface area (TPSA) is 94.0 Å². The van der Waals surface area contributed by atoms with Crippen LogP contribution in [-0.2, 0) is 6.42 Å². The predicted octanol–water partition coefficient (Wildman–Crippen LogP) is 2.15. The van der Waals surface area contributed by atoms with Gasteiger partial charge in [-0.2, -0.15) is 4.98 Å². The quantitative estimate of drug-likeness (QED) is 0.770. The molecule has 0 atom stereocenters. The number of carbonyl (C=O) groups is 1. The second kappa shape index (κ2) is 5.53. The number of fused-ring (bicyclic) bond motifs is 1. The second-order valence-electron chi connectivity index (χ2n) is 4.65. The summed E-state index contributed by atoms with van der Waals surface area (Å²) in [5, 5.41) is 7.45. The lowest BCUT2D eigenvalue weighted by atomic mass is 10.1. The Bertz CT molecular complexity index is 780. The van der Waals surface area contributed by atoms with Gasteiger partial charge in [0.25, 0.3) is 5.91 Å². The zero-order chi connectivity index (χ0) is 14.8. The first-order valence-corrected chi connectivity index (χ1v) is 7.29. The van der Waals surface area contributed by atoms with E-state index in [1.165, 1.54) is 17.7 Å². The van der Waals surface area contributed by atoms with Gasteiger partial charge in [0, 0.05) is 23.1 Å². The van der Waals surface area contributed by atoms with E-state index in [1.54, 1.807) is 0 Å². The van der Waals surface area contributed by atoms with Crippen molar-refractivity contribution in [2.24, 2.45) is 0 Å². The predicted molar refractivity (Wildman–Crippen MR) is 81.3 cm³/mol. The molecule has 7 heteroatoms. The average Bonchev–Trinajstić information content (AvgIpc) is 3.08. The summed E-state index contributed by atoms with van der Waals surface area (Å²) < 4.78 is 5.69. The van der Waals surface area contributed by atoms with Crippen LogP contribution in [0.15, 0.2) is 29.1 Å². The van der Waals surface area contributed by atoms with Gasteiger partial charge < -0.3 is 15.6 Å². The molecule has 0 aliphatic carbocycles. The van der Waals surface area contributed by atoms with Gasteiger partial charge in [0.2, 0.25) is 6.39 Å². The van der Waals surface area contributed by atoms with Crippen molar-refractivity contribution in [3.8, 4) is 0 Å². The van der Waals surface area contributed by atoms with Crippen LogP contribution in [0.4, 0.5) is 5.69 Å². The molecule has 0 saturated carbocycles. The van der Waals surface area contributed by atoms with Crippen LogP contribution in [0.2, 0.25) is 0 Å². The molecule has 1 aromatic carbocycles. The van der Waals surface area contributed by atoms with E-state index >= 15 is 0 Å². The van der Waals surface area contributed by atoms with Crippen LogP contribution in [0, 0.1) is 6.92 Å². The van der Waals surface area contributed by atoms with Gasteiger partial charge in [0.1, 0.15) is 4.88 Å². The number of carbonyl (C=O) groups excluding carboxylic acids is 1. The van der Waals surface area contributed by atoms with Gasteiger partial charge in [0.15, 0.2) is 5.82 Å². The van der Waals surface area contributed by atoms with Crippen molar-refractivity contribution >= 4 is 33.0 Å². The summed E-state index contributed by atoms with van der Waals surface area (Å²) in [4.78, 5) is 16.7. The molecule has 6 nitrogen and oxygen atoms in total. The number of nitrogens with one attached hydrogen (secondary N) is 1. The summed E-state index contributed by atoms with van der Waals surface area (Å²) in [6.45, 7) is 2.45. The number of rotatable bonds is 4. The number of thiophene rings is 1. The van der Waals surface area contributed by atoms with Crippen molar-refractivity contribution < 1.29 is 9.32 Å². The maximum Gasteiger partial charge on any atom is 0.263 e. The number of nitrogens with zero attached hydrogens (tertiary/aromatic N) is 2. The maximum absolute atomic E-state index is 12.2. The van der Waals surface area contributed by atoms with E-state index in [4.69, 9.17) is 5.73 Å². The molecule has 0 saturated heterocycles. The zero-order valence-corrected chi connectivity index (χ0v) is 12.2. The molecule has 0 unspecified atom stereocenters. The van der Waals surface area contributed by atoms with Crippen molar-refractivity contribution in [2.45, 2.75) is 13.3 Å². The Kier molecular flexibility index (Phi) is 3.57. The summed E-state index contributed by atoms with van der Waals surface area (Å²) in [7, 11) is 0. The number of aryl methyl sites for hydroxylation is 1. The van der Waals surface area contributed by atoms with Crippen LogP contribution in [0.5, 0.6) is 0 Å². The molecular weight excluding hydrogens is 288 g/mol. The number of benzene rings is 1. The number of anilines is 1. The van der Waals surface area contributed by atoms with Crippen LogP contribution in [0.25, 0.3) is 10.1 Å². The lowest BCUT2D eigenvalue weighted by molar-refractivity contribution is 0.0959. The minimum absolute atomic E-state index is 0.170. The molecule has 2 aromatic heterocycles. The Labute approximate surface area is 125 Å². The summed E-state index contributed by atoms with van der Waals surface area (Å²) >= 11 is 1.42. The number of aromatic nitrogens is 2. The number of amides is 1. The average molecular weight is 302 g/mol. The van der Waals surface area contributed by atoms with Gasteiger partial charge in [-0.15, -0.1) is 11.3 Å². The Morgan fingerprint density at radius 1 is 1.48 bits per heavy atom. The molecule has 1 amide bonds. The molecule has 0 radical (unpaired) electrons. The molecule has 21 heavy (non-hydrogen) atoms. The first kappa shape index (κ1) is 13.6. The minimum atomic E-state index is -0.170. The molecular formula is C14H14N4O2S. The monoisotopic (exact) mass is 302 g/mol. The van der Waals surface area contributed by atoms with Gasteiger partial charge in [-0.05, 0) is 12.5 Å². The van der Waals surface area contributed by atoms with E-state index in [-0.39, 0.29) is 5.91 Å². The highest BCUT2D eigenvalue weighted by Crippen LogP contribution is 2.35. The molecule has 3 N–H and O–H groups in total. The summed E-state index contributed by atoms with van der Waals surface area (Å²) in [5.74, 6) is 0.395. The van der Waals surface area contributed by atoms with Crippen molar-refractivity contribution in [3.63, 3.8) is 0 Å². The number of hydrogen-bond acceptors (Lipinski definition) is 6. The van der Waals surface area contributed by atoms with Gasteiger partial charge in [-0.1, -0.05) is 23.4 Å². The zero-order valence-electron chi connectivity index (χ0n) is 11.4. The third kappa shape index (κ3) is 2.59. The highest BCUT2D eigenvalue weighted by atomic mass is 32.1. The third-order valence-electron chi connectivity index (χ3n) is 3.20. The van der Waals surface area contributed by atoms with Gasteiger partial charge in [0.05, 0.1) is 5.69 Å². The Balaban J connectivity index is 1.75. The summed E-state index contributed by atoms with van der Waals surface area (Å²) in [6.07, 6.45) is 1.79. The van der Waals surface area contributed by atoms with Gasteiger partial charge >= 0.3 is 0 Å². The van der Waals surface area contributed by atoms with E-state index in [9.17, 15) is 4.79 Å². The molecule has 0 fully saturated rings. The SMILES string of the molecule is Cc1cccc2c(N)c(C(=O)NCCc3ncon3)sc12. The normalized spacial score (nSPS) is 10.9. The standard InChI is InChI=1S/C14H14N4O2S/c1-8-3-2-4-9-11(15)13(21-12(8)9)14(19)16-6-5-10-17-7-20-18-10/h2-4,7H,5-6,15H2,1H3,(H,16,19). The van der Waals surface area contributed by atoms with E-state index in [0.29, 0.717) is 29.4 Å². The number of hydrogen-bond donors (Lipinski definition) is 2. The largest absolute Gasteiger partial charge is 0.397 e. The van der Waals surface area contributed by atoms with Crippen molar-refractivity contribution in [2.75, 3.05) is 12.3 Å². The summed E-state index contributed by atoms with van der Waals surface area (Å²) in [6, 6.07) is 5.89. The molecule has 0 bridgehead atoms.